The predicted molar refractivity (Wildman–Crippen MR) is 118 cm³/mol. The molecule has 0 N–H and O–H groups in total. The van der Waals surface area contributed by atoms with E-state index in [0.717, 1.165) is 55.1 Å². The van der Waals surface area contributed by atoms with E-state index < -0.39 is 0 Å². The molecule has 30 heavy (non-hydrogen) atoms. The molecule has 1 aliphatic carbocycles. The highest BCUT2D eigenvalue weighted by molar-refractivity contribution is 5.98. The van der Waals surface area contributed by atoms with Gasteiger partial charge in [-0.3, -0.25) is 14.6 Å². The molecule has 2 aliphatic rings. The van der Waals surface area contributed by atoms with Crippen LogP contribution in [0.5, 0.6) is 5.75 Å². The summed E-state index contributed by atoms with van der Waals surface area (Å²) in [7, 11) is 2.11. The number of carbonyl (C=O) groups is 1. The second kappa shape index (κ2) is 9.59. The van der Waals surface area contributed by atoms with Crippen molar-refractivity contribution >= 4 is 17.1 Å². The molecule has 2 aromatic carbocycles. The number of piperidine rings is 1. The number of hydrogen-bond donors (Lipinski definition) is 0. The molecular weight excluding hydrogens is 374 g/mol. The molecule has 4 rings (SSSR count). The summed E-state index contributed by atoms with van der Waals surface area (Å²) in [6.45, 7) is 3.14. The lowest BCUT2D eigenvalue weighted by atomic mass is 9.96. The average Bonchev–Trinajstić information content (AvgIpc) is 3.33. The van der Waals surface area contributed by atoms with Gasteiger partial charge in [-0.2, -0.15) is 5.26 Å². The minimum Gasteiger partial charge on any atom is -0.477 e. The van der Waals surface area contributed by atoms with Crippen LogP contribution in [0, 0.1) is 17.2 Å². The maximum absolute atomic E-state index is 12.0. The molecule has 1 saturated carbocycles. The third-order valence-corrected chi connectivity index (χ3v) is 6.76. The zero-order valence-corrected chi connectivity index (χ0v) is 17.8. The summed E-state index contributed by atoms with van der Waals surface area (Å²) in [6, 6.07) is 13.2. The summed E-state index contributed by atoms with van der Waals surface area (Å²) < 4.78 is 6.23. The summed E-state index contributed by atoms with van der Waals surface area (Å²) in [6.07, 6.45) is 7.79. The van der Waals surface area contributed by atoms with Crippen molar-refractivity contribution in [2.45, 2.75) is 51.1 Å². The fourth-order valence-corrected chi connectivity index (χ4v) is 4.90. The molecule has 5 heteroatoms. The first-order valence-electron chi connectivity index (χ1n) is 11.1. The molecule has 2 aromatic rings. The lowest BCUT2D eigenvalue weighted by Crippen LogP contribution is -2.33. The van der Waals surface area contributed by atoms with Gasteiger partial charge in [0.25, 0.3) is 0 Å². The van der Waals surface area contributed by atoms with Gasteiger partial charge in [-0.1, -0.05) is 37.1 Å². The molecule has 0 bridgehead atoms. The molecule has 1 heterocycles. The Bertz CT molecular complexity index is 922. The molecule has 2 fully saturated rings. The van der Waals surface area contributed by atoms with E-state index in [4.69, 9.17) is 10.00 Å². The zero-order valence-electron chi connectivity index (χ0n) is 17.8. The van der Waals surface area contributed by atoms with Gasteiger partial charge in [0.05, 0.1) is 11.6 Å². The van der Waals surface area contributed by atoms with Crippen LogP contribution < -0.4 is 4.74 Å². The summed E-state index contributed by atoms with van der Waals surface area (Å²) in [5.41, 5.74) is 1.77. The zero-order chi connectivity index (χ0) is 20.9. The quantitative estimate of drug-likeness (QED) is 0.498. The van der Waals surface area contributed by atoms with Crippen molar-refractivity contribution in [2.24, 2.45) is 5.92 Å². The van der Waals surface area contributed by atoms with E-state index in [1.54, 1.807) is 0 Å². The van der Waals surface area contributed by atoms with Gasteiger partial charge in [0.15, 0.2) is 6.29 Å². The van der Waals surface area contributed by atoms with Crippen LogP contribution in [-0.4, -0.2) is 49.0 Å². The maximum Gasteiger partial charge on any atom is 0.153 e. The van der Waals surface area contributed by atoms with E-state index in [1.807, 2.05) is 18.2 Å². The van der Waals surface area contributed by atoms with Crippen LogP contribution in [0.25, 0.3) is 10.8 Å². The number of likely N-dealkylation sites (tertiary alicyclic amines) is 1. The van der Waals surface area contributed by atoms with E-state index in [2.05, 4.69) is 35.0 Å². The third-order valence-electron chi connectivity index (χ3n) is 6.76. The summed E-state index contributed by atoms with van der Waals surface area (Å²) in [4.78, 5) is 16.6. The molecule has 1 aliphatic heterocycles. The first kappa shape index (κ1) is 20.8. The topological polar surface area (TPSA) is 56.6 Å². The van der Waals surface area contributed by atoms with Crippen molar-refractivity contribution in [2.75, 3.05) is 26.9 Å². The minimum absolute atomic E-state index is 0.177. The fourth-order valence-electron chi connectivity index (χ4n) is 4.90. The SMILES string of the molecule is CN(COc1c(C=O)cc(CN2CCC(C#N)CC2)c2ccccc12)C1CCCC1. The van der Waals surface area contributed by atoms with Crippen LogP contribution >= 0.6 is 0 Å². The van der Waals surface area contributed by atoms with Gasteiger partial charge in [0, 0.05) is 23.9 Å². The Morgan fingerprint density at radius 3 is 2.53 bits per heavy atom. The number of hydrogen-bond acceptors (Lipinski definition) is 5. The third kappa shape index (κ3) is 4.50. The molecule has 0 spiro atoms. The van der Waals surface area contributed by atoms with E-state index >= 15 is 0 Å². The fraction of sp³-hybridized carbons (Fsp3) is 0.520. The summed E-state index contributed by atoms with van der Waals surface area (Å²) in [5.74, 6) is 0.869. The number of fused-ring (bicyclic) bond motifs is 1. The van der Waals surface area contributed by atoms with Gasteiger partial charge >= 0.3 is 0 Å². The number of benzene rings is 2. The Balaban J connectivity index is 1.57. The standard InChI is InChI=1S/C25H31N3O2/c1-27(22-6-2-3-7-22)18-30-25-21(17-29)14-20(23-8-4-5-9-24(23)25)16-28-12-10-19(15-26)11-13-28/h4-5,8-9,14,17,19,22H,2-3,6-7,10-13,16,18H2,1H3. The second-order valence-corrected chi connectivity index (χ2v) is 8.77. The highest BCUT2D eigenvalue weighted by atomic mass is 16.5. The van der Waals surface area contributed by atoms with Gasteiger partial charge in [-0.05, 0) is 62.8 Å². The van der Waals surface area contributed by atoms with Crippen molar-refractivity contribution in [1.82, 2.24) is 9.80 Å². The van der Waals surface area contributed by atoms with Crippen molar-refractivity contribution < 1.29 is 9.53 Å². The van der Waals surface area contributed by atoms with Gasteiger partial charge in [-0.25, -0.2) is 0 Å². The highest BCUT2D eigenvalue weighted by Crippen LogP contribution is 2.34. The largest absolute Gasteiger partial charge is 0.477 e. The van der Waals surface area contributed by atoms with Crippen LogP contribution in [-0.2, 0) is 6.54 Å². The Morgan fingerprint density at radius 2 is 1.87 bits per heavy atom. The maximum atomic E-state index is 12.0. The number of ether oxygens (including phenoxy) is 1. The van der Waals surface area contributed by atoms with Crippen molar-refractivity contribution in [3.8, 4) is 11.8 Å². The van der Waals surface area contributed by atoms with Gasteiger partial charge < -0.3 is 4.74 Å². The lowest BCUT2D eigenvalue weighted by molar-refractivity contribution is 0.107. The molecule has 0 aromatic heterocycles. The van der Waals surface area contributed by atoms with E-state index in [1.165, 1.54) is 25.7 Å². The smallest absolute Gasteiger partial charge is 0.153 e. The van der Waals surface area contributed by atoms with Gasteiger partial charge in [-0.15, -0.1) is 0 Å². The first-order chi connectivity index (χ1) is 14.7. The molecule has 158 valence electrons. The van der Waals surface area contributed by atoms with E-state index in [-0.39, 0.29) is 5.92 Å². The first-order valence-corrected chi connectivity index (χ1v) is 11.1. The molecular formula is C25H31N3O2. The molecule has 0 atom stereocenters. The number of carbonyl (C=O) groups excluding carboxylic acids is 1. The molecule has 0 amide bonds. The van der Waals surface area contributed by atoms with Crippen molar-refractivity contribution in [3.63, 3.8) is 0 Å². The Labute approximate surface area is 179 Å². The number of rotatable bonds is 7. The lowest BCUT2D eigenvalue weighted by Gasteiger charge is -2.30. The predicted octanol–water partition coefficient (Wildman–Crippen LogP) is 4.60. The van der Waals surface area contributed by atoms with E-state index in [0.29, 0.717) is 24.1 Å². The van der Waals surface area contributed by atoms with Gasteiger partial charge in [0.2, 0.25) is 0 Å². The molecule has 0 unspecified atom stereocenters. The van der Waals surface area contributed by atoms with Crippen molar-refractivity contribution in [1.29, 1.82) is 5.26 Å². The van der Waals surface area contributed by atoms with E-state index in [9.17, 15) is 4.79 Å². The molecule has 1 saturated heterocycles. The molecule has 5 nitrogen and oxygen atoms in total. The Kier molecular flexibility index (Phi) is 6.66. The second-order valence-electron chi connectivity index (χ2n) is 8.77. The number of nitriles is 1. The monoisotopic (exact) mass is 405 g/mol. The van der Waals surface area contributed by atoms with Gasteiger partial charge in [0.1, 0.15) is 12.5 Å². The van der Waals surface area contributed by atoms with Crippen molar-refractivity contribution in [3.05, 3.63) is 41.5 Å². The van der Waals surface area contributed by atoms with Crippen LogP contribution in [0.1, 0.15) is 54.4 Å². The van der Waals surface area contributed by atoms with Crippen LogP contribution in [0.2, 0.25) is 0 Å². The average molecular weight is 406 g/mol. The minimum atomic E-state index is 0.177. The number of aldehydes is 1. The van der Waals surface area contributed by atoms with Crippen LogP contribution in [0.4, 0.5) is 0 Å². The molecule has 0 radical (unpaired) electrons. The summed E-state index contributed by atoms with van der Waals surface area (Å²) >= 11 is 0. The van der Waals surface area contributed by atoms with Crippen LogP contribution in [0.3, 0.4) is 0 Å². The highest BCUT2D eigenvalue weighted by Gasteiger charge is 2.22. The number of nitrogens with zero attached hydrogens (tertiary/aromatic N) is 3. The normalized spacial score (nSPS) is 18.7. The Hall–Kier alpha value is -2.42. The summed E-state index contributed by atoms with van der Waals surface area (Å²) in [5, 5.41) is 11.3. The van der Waals surface area contributed by atoms with Crippen LogP contribution in [0.15, 0.2) is 30.3 Å². The Morgan fingerprint density at radius 1 is 1.17 bits per heavy atom.